The highest BCUT2D eigenvalue weighted by Crippen LogP contribution is 2.32. The molecule has 0 fully saturated rings. The Morgan fingerprint density at radius 1 is 1.00 bits per heavy atom. The Morgan fingerprint density at radius 3 is 2.64 bits per heavy atom. The first-order valence-electron chi connectivity index (χ1n) is 11.4. The molecule has 0 amide bonds. The van der Waals surface area contributed by atoms with Gasteiger partial charge in [0.1, 0.15) is 17.2 Å². The van der Waals surface area contributed by atoms with E-state index in [1.807, 2.05) is 36.5 Å². The summed E-state index contributed by atoms with van der Waals surface area (Å²) in [6.45, 7) is 2.74. The zero-order chi connectivity index (χ0) is 22.6. The molecular formula is C28H26F2N2O. The number of benzene rings is 2. The average Bonchev–Trinajstić information content (AvgIpc) is 3.35. The average molecular weight is 445 g/mol. The Bertz CT molecular complexity index is 1250. The SMILES string of the molecule is Fc1ccc(CC(CCN2CC=C(c3ccc(F)c4ccoc34)CC2)c2ccccn2)cc1. The van der Waals surface area contributed by atoms with Crippen molar-refractivity contribution in [3.63, 3.8) is 0 Å². The van der Waals surface area contributed by atoms with Crippen LogP contribution in [-0.4, -0.2) is 29.5 Å². The van der Waals surface area contributed by atoms with E-state index in [0.29, 0.717) is 11.0 Å². The van der Waals surface area contributed by atoms with E-state index in [2.05, 4.69) is 22.0 Å². The first-order chi connectivity index (χ1) is 16.2. The topological polar surface area (TPSA) is 29.3 Å². The molecule has 2 aromatic heterocycles. The van der Waals surface area contributed by atoms with Gasteiger partial charge in [-0.2, -0.15) is 0 Å². The standard InChI is InChI=1S/C28H26F2N2O/c29-23-6-4-20(5-7-23)19-22(27-3-1-2-14-31-27)12-17-32-15-10-21(11-16-32)24-8-9-26(30)25-13-18-33-28(24)25/h1-10,13-14,18,22H,11-12,15-17,19H2. The molecule has 1 atom stereocenters. The second kappa shape index (κ2) is 9.67. The van der Waals surface area contributed by atoms with Gasteiger partial charge in [0.05, 0.1) is 11.6 Å². The van der Waals surface area contributed by atoms with E-state index in [9.17, 15) is 8.78 Å². The zero-order valence-electron chi connectivity index (χ0n) is 18.4. The number of fused-ring (bicyclic) bond motifs is 1. The Balaban J connectivity index is 1.26. The molecule has 1 aliphatic heterocycles. The molecule has 33 heavy (non-hydrogen) atoms. The summed E-state index contributed by atoms with van der Waals surface area (Å²) < 4.78 is 32.9. The van der Waals surface area contributed by atoms with Gasteiger partial charge in [-0.15, -0.1) is 0 Å². The Morgan fingerprint density at radius 2 is 1.88 bits per heavy atom. The summed E-state index contributed by atoms with van der Waals surface area (Å²) in [4.78, 5) is 7.03. The lowest BCUT2D eigenvalue weighted by Gasteiger charge is -2.28. The van der Waals surface area contributed by atoms with Gasteiger partial charge in [-0.3, -0.25) is 9.88 Å². The molecule has 0 saturated heterocycles. The quantitative estimate of drug-likeness (QED) is 0.321. The van der Waals surface area contributed by atoms with Crippen LogP contribution in [0.15, 0.2) is 83.6 Å². The van der Waals surface area contributed by atoms with Crippen molar-refractivity contribution in [1.82, 2.24) is 9.88 Å². The van der Waals surface area contributed by atoms with Gasteiger partial charge in [0.15, 0.2) is 0 Å². The fourth-order valence-electron chi connectivity index (χ4n) is 4.66. The van der Waals surface area contributed by atoms with Crippen LogP contribution in [0.3, 0.4) is 0 Å². The minimum atomic E-state index is -0.248. The van der Waals surface area contributed by atoms with E-state index < -0.39 is 0 Å². The third kappa shape index (κ3) is 4.88. The third-order valence-corrected chi connectivity index (χ3v) is 6.50. The number of halogens is 2. The summed E-state index contributed by atoms with van der Waals surface area (Å²) in [7, 11) is 0. The van der Waals surface area contributed by atoms with Crippen LogP contribution in [0.1, 0.15) is 35.6 Å². The molecule has 0 radical (unpaired) electrons. The lowest BCUT2D eigenvalue weighted by molar-refractivity contribution is 0.287. The molecule has 1 aliphatic rings. The van der Waals surface area contributed by atoms with Crippen LogP contribution >= 0.6 is 0 Å². The molecule has 5 heteroatoms. The lowest BCUT2D eigenvalue weighted by Crippen LogP contribution is -2.30. The predicted molar refractivity (Wildman–Crippen MR) is 127 cm³/mol. The van der Waals surface area contributed by atoms with Crippen molar-refractivity contribution >= 4 is 16.5 Å². The van der Waals surface area contributed by atoms with E-state index in [1.165, 1.54) is 23.8 Å². The molecule has 0 bridgehead atoms. The maximum Gasteiger partial charge on any atom is 0.144 e. The van der Waals surface area contributed by atoms with Crippen molar-refractivity contribution in [1.29, 1.82) is 0 Å². The van der Waals surface area contributed by atoms with Crippen molar-refractivity contribution in [2.45, 2.75) is 25.2 Å². The zero-order valence-corrected chi connectivity index (χ0v) is 18.4. The number of aromatic nitrogens is 1. The molecule has 0 N–H and O–H groups in total. The maximum absolute atomic E-state index is 14.0. The van der Waals surface area contributed by atoms with Crippen molar-refractivity contribution in [3.05, 3.63) is 108 Å². The summed E-state index contributed by atoms with van der Waals surface area (Å²) in [5.41, 5.74) is 5.01. The van der Waals surface area contributed by atoms with Gasteiger partial charge in [-0.1, -0.05) is 24.3 Å². The summed E-state index contributed by atoms with van der Waals surface area (Å²) in [6, 6.07) is 17.8. The lowest BCUT2D eigenvalue weighted by atomic mass is 9.92. The van der Waals surface area contributed by atoms with Gasteiger partial charge in [-0.05, 0) is 79.4 Å². The van der Waals surface area contributed by atoms with E-state index in [0.717, 1.165) is 55.7 Å². The summed E-state index contributed by atoms with van der Waals surface area (Å²) in [5, 5.41) is 0.537. The third-order valence-electron chi connectivity index (χ3n) is 6.50. The molecule has 3 heterocycles. The van der Waals surface area contributed by atoms with Crippen LogP contribution in [0.4, 0.5) is 8.78 Å². The summed E-state index contributed by atoms with van der Waals surface area (Å²) in [5.74, 6) is -0.193. The smallest absolute Gasteiger partial charge is 0.144 e. The van der Waals surface area contributed by atoms with Crippen LogP contribution in [-0.2, 0) is 6.42 Å². The summed E-state index contributed by atoms with van der Waals surface area (Å²) in [6.07, 6.45) is 8.31. The molecule has 4 aromatic rings. The minimum Gasteiger partial charge on any atom is -0.464 e. The normalized spacial score (nSPS) is 15.5. The highest BCUT2D eigenvalue weighted by atomic mass is 19.1. The fourth-order valence-corrected chi connectivity index (χ4v) is 4.66. The van der Waals surface area contributed by atoms with Crippen molar-refractivity contribution < 1.29 is 13.2 Å². The van der Waals surface area contributed by atoms with Crippen LogP contribution in [0.2, 0.25) is 0 Å². The number of hydrogen-bond acceptors (Lipinski definition) is 3. The molecule has 0 aliphatic carbocycles. The second-order valence-corrected chi connectivity index (χ2v) is 8.61. The van der Waals surface area contributed by atoms with E-state index in [-0.39, 0.29) is 17.6 Å². The van der Waals surface area contributed by atoms with Crippen LogP contribution in [0, 0.1) is 11.6 Å². The van der Waals surface area contributed by atoms with E-state index in [1.54, 1.807) is 12.3 Å². The number of furan rings is 1. The highest BCUT2D eigenvalue weighted by molar-refractivity contribution is 5.90. The number of pyridine rings is 1. The molecule has 2 aromatic carbocycles. The van der Waals surface area contributed by atoms with Gasteiger partial charge >= 0.3 is 0 Å². The second-order valence-electron chi connectivity index (χ2n) is 8.61. The Hall–Kier alpha value is -3.31. The van der Waals surface area contributed by atoms with E-state index in [4.69, 9.17) is 4.42 Å². The Labute approximate surface area is 192 Å². The first kappa shape index (κ1) is 21.5. The van der Waals surface area contributed by atoms with Crippen molar-refractivity contribution in [2.75, 3.05) is 19.6 Å². The Kier molecular flexibility index (Phi) is 6.31. The molecule has 0 spiro atoms. The molecular weight excluding hydrogens is 418 g/mol. The van der Waals surface area contributed by atoms with E-state index >= 15 is 0 Å². The monoisotopic (exact) mass is 444 g/mol. The predicted octanol–water partition coefficient (Wildman–Crippen LogP) is 6.61. The van der Waals surface area contributed by atoms with Gasteiger partial charge in [0, 0.05) is 36.5 Å². The number of rotatable bonds is 7. The van der Waals surface area contributed by atoms with Gasteiger partial charge in [-0.25, -0.2) is 8.78 Å². The summed E-state index contributed by atoms with van der Waals surface area (Å²) >= 11 is 0. The molecule has 168 valence electrons. The first-order valence-corrected chi connectivity index (χ1v) is 11.4. The van der Waals surface area contributed by atoms with Crippen molar-refractivity contribution in [2.24, 2.45) is 0 Å². The van der Waals surface area contributed by atoms with Crippen LogP contribution < -0.4 is 0 Å². The maximum atomic E-state index is 14.0. The van der Waals surface area contributed by atoms with Gasteiger partial charge < -0.3 is 4.42 Å². The van der Waals surface area contributed by atoms with Gasteiger partial charge in [0.2, 0.25) is 0 Å². The number of hydrogen-bond donors (Lipinski definition) is 0. The molecule has 5 rings (SSSR count). The molecule has 1 unspecified atom stereocenters. The minimum absolute atomic E-state index is 0.211. The number of nitrogens with zero attached hydrogens (tertiary/aromatic N) is 2. The molecule has 0 saturated carbocycles. The van der Waals surface area contributed by atoms with Crippen LogP contribution in [0.5, 0.6) is 0 Å². The highest BCUT2D eigenvalue weighted by Gasteiger charge is 2.20. The fraction of sp³-hybridized carbons (Fsp3) is 0.250. The van der Waals surface area contributed by atoms with Gasteiger partial charge in [0.25, 0.3) is 0 Å². The largest absolute Gasteiger partial charge is 0.464 e. The molecule has 3 nitrogen and oxygen atoms in total. The van der Waals surface area contributed by atoms with Crippen molar-refractivity contribution in [3.8, 4) is 0 Å². The van der Waals surface area contributed by atoms with Crippen LogP contribution in [0.25, 0.3) is 16.5 Å².